The summed E-state index contributed by atoms with van der Waals surface area (Å²) in [5, 5.41) is 8.70. The Morgan fingerprint density at radius 2 is 1.30 bits per heavy atom. The molecule has 0 amide bonds. The highest BCUT2D eigenvalue weighted by Crippen LogP contribution is 2.45. The van der Waals surface area contributed by atoms with E-state index >= 15 is 0 Å². The van der Waals surface area contributed by atoms with Crippen molar-refractivity contribution < 1.29 is 14.6 Å². The average Bonchev–Trinajstić information content (AvgIpc) is 2.37. The maximum atomic E-state index is 12.3. The maximum absolute atomic E-state index is 12.3. The van der Waals surface area contributed by atoms with Crippen LogP contribution in [-0.4, -0.2) is 28.9 Å². The molecule has 2 N–H and O–H groups in total. The SMILES string of the molecule is CC(CC(C)(C)C)CP(=O)(O)CCCCCCCCCCCO. The Bertz CT molecular complexity index is 323. The van der Waals surface area contributed by atoms with Crippen molar-refractivity contribution in [1.82, 2.24) is 0 Å². The van der Waals surface area contributed by atoms with Crippen molar-refractivity contribution in [2.75, 3.05) is 18.9 Å². The average molecular weight is 349 g/mol. The molecule has 0 aliphatic carbocycles. The minimum absolute atomic E-state index is 0.233. The summed E-state index contributed by atoms with van der Waals surface area (Å²) < 4.78 is 12.3. The molecule has 0 aromatic carbocycles. The summed E-state index contributed by atoms with van der Waals surface area (Å²) in [5.74, 6) is 0.324. The predicted octanol–water partition coefficient (Wildman–Crippen LogP) is 5.83. The van der Waals surface area contributed by atoms with Gasteiger partial charge in [0.2, 0.25) is 7.37 Å². The zero-order valence-corrected chi connectivity index (χ0v) is 16.9. The summed E-state index contributed by atoms with van der Waals surface area (Å²) in [5.41, 5.74) is 0.233. The smallest absolute Gasteiger partial charge is 0.200 e. The van der Waals surface area contributed by atoms with Crippen LogP contribution >= 0.6 is 7.37 Å². The standard InChI is InChI=1S/C19H41O3P/c1-18(16-19(2,3)4)17-23(21,22)15-13-11-9-7-5-6-8-10-12-14-20/h18,20H,5-17H2,1-4H3,(H,21,22). The third-order valence-corrected chi connectivity index (χ3v) is 6.43. The molecule has 0 spiro atoms. The first-order valence-electron chi connectivity index (χ1n) is 9.58. The molecular formula is C19H41O3P. The summed E-state index contributed by atoms with van der Waals surface area (Å²) in [7, 11) is -2.93. The number of aliphatic hydroxyl groups is 1. The summed E-state index contributed by atoms with van der Waals surface area (Å²) in [4.78, 5) is 10.1. The first-order chi connectivity index (χ1) is 10.7. The van der Waals surface area contributed by atoms with Gasteiger partial charge in [-0.25, -0.2) is 0 Å². The summed E-state index contributed by atoms with van der Waals surface area (Å²) in [6.45, 7) is 8.99. The second-order valence-electron chi connectivity index (χ2n) is 8.53. The first-order valence-corrected chi connectivity index (χ1v) is 11.6. The number of hydrogen-bond donors (Lipinski definition) is 2. The monoisotopic (exact) mass is 348 g/mol. The topological polar surface area (TPSA) is 57.5 Å². The van der Waals surface area contributed by atoms with Crippen LogP contribution in [0.5, 0.6) is 0 Å². The molecule has 0 saturated carbocycles. The first kappa shape index (κ1) is 23.1. The van der Waals surface area contributed by atoms with Gasteiger partial charge in [0.15, 0.2) is 0 Å². The van der Waals surface area contributed by atoms with Crippen LogP contribution in [-0.2, 0) is 4.57 Å². The van der Waals surface area contributed by atoms with Crippen molar-refractivity contribution >= 4 is 7.37 Å². The molecule has 2 unspecified atom stereocenters. The molecule has 2 atom stereocenters. The van der Waals surface area contributed by atoms with E-state index in [0.29, 0.717) is 24.8 Å². The van der Waals surface area contributed by atoms with Gasteiger partial charge in [-0.05, 0) is 30.6 Å². The fraction of sp³-hybridized carbons (Fsp3) is 1.00. The van der Waals surface area contributed by atoms with E-state index in [2.05, 4.69) is 27.7 Å². The fourth-order valence-electron chi connectivity index (χ4n) is 3.40. The van der Waals surface area contributed by atoms with Gasteiger partial charge in [-0.3, -0.25) is 4.57 Å². The van der Waals surface area contributed by atoms with Crippen LogP contribution in [0.3, 0.4) is 0 Å². The molecule has 0 aliphatic heterocycles. The second kappa shape index (κ2) is 12.5. The lowest BCUT2D eigenvalue weighted by Crippen LogP contribution is -2.14. The van der Waals surface area contributed by atoms with E-state index in [-0.39, 0.29) is 5.41 Å². The summed E-state index contributed by atoms with van der Waals surface area (Å²) >= 11 is 0. The molecule has 140 valence electrons. The molecule has 0 radical (unpaired) electrons. The lowest BCUT2D eigenvalue weighted by molar-refractivity contribution is 0.282. The predicted molar refractivity (Wildman–Crippen MR) is 101 cm³/mol. The van der Waals surface area contributed by atoms with Crippen molar-refractivity contribution in [3.8, 4) is 0 Å². The van der Waals surface area contributed by atoms with E-state index in [0.717, 1.165) is 32.1 Å². The minimum atomic E-state index is -2.93. The van der Waals surface area contributed by atoms with Crippen LogP contribution in [0.2, 0.25) is 0 Å². The second-order valence-corrected chi connectivity index (χ2v) is 11.0. The van der Waals surface area contributed by atoms with Gasteiger partial charge < -0.3 is 10.00 Å². The Labute approximate surface area is 144 Å². The van der Waals surface area contributed by atoms with Crippen LogP contribution in [0.4, 0.5) is 0 Å². The highest BCUT2D eigenvalue weighted by atomic mass is 31.2. The normalized spacial score (nSPS) is 16.3. The molecule has 0 aliphatic rings. The number of hydrogen-bond acceptors (Lipinski definition) is 2. The van der Waals surface area contributed by atoms with Gasteiger partial charge in [-0.1, -0.05) is 72.6 Å². The molecule has 0 saturated heterocycles. The van der Waals surface area contributed by atoms with Crippen molar-refractivity contribution in [3.63, 3.8) is 0 Å². The van der Waals surface area contributed by atoms with Gasteiger partial charge in [-0.2, -0.15) is 0 Å². The van der Waals surface area contributed by atoms with Gasteiger partial charge in [0, 0.05) is 18.9 Å². The summed E-state index contributed by atoms with van der Waals surface area (Å²) in [6.07, 6.45) is 12.2. The molecule has 0 heterocycles. The van der Waals surface area contributed by atoms with Crippen molar-refractivity contribution in [3.05, 3.63) is 0 Å². The Kier molecular flexibility index (Phi) is 12.6. The van der Waals surface area contributed by atoms with Gasteiger partial charge in [0.1, 0.15) is 0 Å². The Morgan fingerprint density at radius 1 is 0.870 bits per heavy atom. The number of rotatable bonds is 14. The molecular weight excluding hydrogens is 307 g/mol. The molecule has 0 aromatic rings. The van der Waals surface area contributed by atoms with Crippen LogP contribution in [0.1, 0.15) is 91.9 Å². The van der Waals surface area contributed by atoms with Crippen LogP contribution in [0.15, 0.2) is 0 Å². The van der Waals surface area contributed by atoms with Crippen molar-refractivity contribution in [2.24, 2.45) is 11.3 Å². The van der Waals surface area contributed by atoms with Crippen molar-refractivity contribution in [2.45, 2.75) is 91.9 Å². The van der Waals surface area contributed by atoms with Gasteiger partial charge in [-0.15, -0.1) is 0 Å². The van der Waals surface area contributed by atoms with Crippen LogP contribution in [0, 0.1) is 11.3 Å². The maximum Gasteiger partial charge on any atom is 0.200 e. The van der Waals surface area contributed by atoms with Crippen molar-refractivity contribution in [1.29, 1.82) is 0 Å². The zero-order chi connectivity index (χ0) is 17.8. The third-order valence-electron chi connectivity index (χ3n) is 4.22. The van der Waals surface area contributed by atoms with E-state index in [4.69, 9.17) is 5.11 Å². The number of unbranched alkanes of at least 4 members (excludes halogenated alkanes) is 8. The molecule has 0 bridgehead atoms. The Hall–Kier alpha value is 0.150. The lowest BCUT2D eigenvalue weighted by Gasteiger charge is -2.24. The highest BCUT2D eigenvalue weighted by Gasteiger charge is 2.24. The fourth-order valence-corrected chi connectivity index (χ4v) is 5.40. The zero-order valence-electron chi connectivity index (χ0n) is 16.0. The number of aliphatic hydroxyl groups excluding tert-OH is 1. The quantitative estimate of drug-likeness (QED) is 0.306. The van der Waals surface area contributed by atoms with E-state index < -0.39 is 7.37 Å². The molecule has 3 nitrogen and oxygen atoms in total. The van der Waals surface area contributed by atoms with Gasteiger partial charge in [0.25, 0.3) is 0 Å². The largest absolute Gasteiger partial charge is 0.396 e. The van der Waals surface area contributed by atoms with E-state index in [1.807, 2.05) is 0 Å². The van der Waals surface area contributed by atoms with Gasteiger partial charge in [0.05, 0.1) is 0 Å². The minimum Gasteiger partial charge on any atom is -0.396 e. The summed E-state index contributed by atoms with van der Waals surface area (Å²) in [6, 6.07) is 0. The van der Waals surface area contributed by atoms with E-state index in [9.17, 15) is 9.46 Å². The Balaban J connectivity index is 3.61. The Morgan fingerprint density at radius 3 is 1.74 bits per heavy atom. The van der Waals surface area contributed by atoms with E-state index in [1.54, 1.807) is 0 Å². The van der Waals surface area contributed by atoms with Crippen LogP contribution in [0.25, 0.3) is 0 Å². The third kappa shape index (κ3) is 16.8. The molecule has 0 aromatic heterocycles. The lowest BCUT2D eigenvalue weighted by atomic mass is 9.86. The highest BCUT2D eigenvalue weighted by molar-refractivity contribution is 7.57. The molecule has 23 heavy (non-hydrogen) atoms. The molecule has 0 fully saturated rings. The molecule has 4 heteroatoms. The van der Waals surface area contributed by atoms with E-state index in [1.165, 1.54) is 32.1 Å². The van der Waals surface area contributed by atoms with Gasteiger partial charge >= 0.3 is 0 Å². The molecule has 0 rings (SSSR count). The van der Waals surface area contributed by atoms with Crippen LogP contribution < -0.4 is 0 Å².